The van der Waals surface area contributed by atoms with Gasteiger partial charge in [-0.2, -0.15) is 0 Å². The molecular formula is C22H18BrN5OS. The number of para-hydroxylation sites is 1. The molecule has 0 atom stereocenters. The number of carbonyl (C=O) groups excluding carboxylic acids is 1. The van der Waals surface area contributed by atoms with E-state index in [1.54, 1.807) is 6.08 Å². The SMILES string of the molecule is C=CCn1c(SCC(=O)Nc2ccc(Br)cc2)nnc1-c1ccc2ccccc2n1. The Morgan fingerprint density at radius 2 is 1.90 bits per heavy atom. The maximum absolute atomic E-state index is 12.3. The van der Waals surface area contributed by atoms with Gasteiger partial charge in [-0.15, -0.1) is 16.8 Å². The Morgan fingerprint density at radius 3 is 2.70 bits per heavy atom. The molecule has 0 aliphatic heterocycles. The third-order valence-electron chi connectivity index (χ3n) is 4.32. The molecule has 1 N–H and O–H groups in total. The smallest absolute Gasteiger partial charge is 0.234 e. The molecule has 2 aromatic heterocycles. The van der Waals surface area contributed by atoms with Crippen molar-refractivity contribution in [3.63, 3.8) is 0 Å². The van der Waals surface area contributed by atoms with Crippen LogP contribution in [0.3, 0.4) is 0 Å². The van der Waals surface area contributed by atoms with Crippen molar-refractivity contribution in [1.82, 2.24) is 19.7 Å². The molecule has 6 nitrogen and oxygen atoms in total. The predicted octanol–water partition coefficient (Wildman–Crippen LogP) is 5.17. The molecule has 4 aromatic rings. The Bertz CT molecular complexity index is 1210. The molecule has 2 heterocycles. The molecule has 4 rings (SSSR count). The van der Waals surface area contributed by atoms with E-state index in [2.05, 4.69) is 38.0 Å². The molecule has 0 aliphatic carbocycles. The van der Waals surface area contributed by atoms with E-state index in [1.807, 2.05) is 65.2 Å². The van der Waals surface area contributed by atoms with Crippen molar-refractivity contribution in [2.75, 3.05) is 11.1 Å². The summed E-state index contributed by atoms with van der Waals surface area (Å²) in [5, 5.41) is 13.2. The van der Waals surface area contributed by atoms with Crippen LogP contribution < -0.4 is 5.32 Å². The molecular weight excluding hydrogens is 462 g/mol. The van der Waals surface area contributed by atoms with Crippen LogP contribution in [0.2, 0.25) is 0 Å². The first-order chi connectivity index (χ1) is 14.6. The van der Waals surface area contributed by atoms with Gasteiger partial charge in [0.25, 0.3) is 0 Å². The Kier molecular flexibility index (Phi) is 6.25. The minimum atomic E-state index is -0.110. The van der Waals surface area contributed by atoms with Crippen LogP contribution in [0.4, 0.5) is 5.69 Å². The number of halogens is 1. The van der Waals surface area contributed by atoms with Gasteiger partial charge in [-0.05, 0) is 36.4 Å². The zero-order chi connectivity index (χ0) is 20.9. The Labute approximate surface area is 186 Å². The van der Waals surface area contributed by atoms with E-state index in [1.165, 1.54) is 11.8 Å². The number of allylic oxidation sites excluding steroid dienone is 1. The zero-order valence-corrected chi connectivity index (χ0v) is 18.4. The molecule has 150 valence electrons. The summed E-state index contributed by atoms with van der Waals surface area (Å²) >= 11 is 4.71. The van der Waals surface area contributed by atoms with Crippen LogP contribution in [-0.4, -0.2) is 31.4 Å². The summed E-state index contributed by atoms with van der Waals surface area (Å²) in [6.45, 7) is 4.35. The topological polar surface area (TPSA) is 72.7 Å². The highest BCUT2D eigenvalue weighted by Gasteiger charge is 2.16. The number of thioether (sulfide) groups is 1. The van der Waals surface area contributed by atoms with E-state index in [0.717, 1.165) is 26.8 Å². The molecule has 1 amide bonds. The van der Waals surface area contributed by atoms with Crippen molar-refractivity contribution in [1.29, 1.82) is 0 Å². The molecule has 0 saturated heterocycles. The van der Waals surface area contributed by atoms with E-state index >= 15 is 0 Å². The first-order valence-corrected chi connectivity index (χ1v) is 11.0. The van der Waals surface area contributed by atoms with Gasteiger partial charge in [-0.25, -0.2) is 4.98 Å². The summed E-state index contributed by atoms with van der Waals surface area (Å²) in [5.41, 5.74) is 2.37. The molecule has 0 bridgehead atoms. The van der Waals surface area contributed by atoms with Gasteiger partial charge in [0.15, 0.2) is 11.0 Å². The number of hydrogen-bond donors (Lipinski definition) is 1. The second kappa shape index (κ2) is 9.23. The minimum Gasteiger partial charge on any atom is -0.325 e. The fourth-order valence-electron chi connectivity index (χ4n) is 2.93. The quantitative estimate of drug-likeness (QED) is 0.292. The van der Waals surface area contributed by atoms with Gasteiger partial charge >= 0.3 is 0 Å². The van der Waals surface area contributed by atoms with E-state index < -0.39 is 0 Å². The van der Waals surface area contributed by atoms with Gasteiger partial charge in [0.05, 0.1) is 11.3 Å². The van der Waals surface area contributed by atoms with Crippen molar-refractivity contribution < 1.29 is 4.79 Å². The molecule has 0 aliphatic rings. The van der Waals surface area contributed by atoms with E-state index in [0.29, 0.717) is 17.5 Å². The lowest BCUT2D eigenvalue weighted by atomic mass is 10.2. The molecule has 8 heteroatoms. The van der Waals surface area contributed by atoms with Crippen LogP contribution in [0.15, 0.2) is 82.9 Å². The Balaban J connectivity index is 1.52. The number of rotatable bonds is 7. The summed E-state index contributed by atoms with van der Waals surface area (Å²) in [7, 11) is 0. The highest BCUT2D eigenvalue weighted by atomic mass is 79.9. The number of nitrogens with one attached hydrogen (secondary N) is 1. The van der Waals surface area contributed by atoms with Gasteiger partial charge in [-0.3, -0.25) is 9.36 Å². The third-order valence-corrected chi connectivity index (χ3v) is 5.81. The second-order valence-corrected chi connectivity index (χ2v) is 8.30. The van der Waals surface area contributed by atoms with Crippen molar-refractivity contribution in [2.45, 2.75) is 11.7 Å². The first-order valence-electron chi connectivity index (χ1n) is 9.22. The lowest BCUT2D eigenvalue weighted by Crippen LogP contribution is -2.14. The molecule has 0 spiro atoms. The molecule has 0 fully saturated rings. The summed E-state index contributed by atoms with van der Waals surface area (Å²) in [4.78, 5) is 17.0. The van der Waals surface area contributed by atoms with Crippen LogP contribution in [0.1, 0.15) is 0 Å². The van der Waals surface area contributed by atoms with Crippen LogP contribution in [0.25, 0.3) is 22.4 Å². The monoisotopic (exact) mass is 479 g/mol. The lowest BCUT2D eigenvalue weighted by molar-refractivity contribution is -0.113. The highest BCUT2D eigenvalue weighted by molar-refractivity contribution is 9.10. The maximum Gasteiger partial charge on any atom is 0.234 e. The zero-order valence-electron chi connectivity index (χ0n) is 16.0. The van der Waals surface area contributed by atoms with Crippen LogP contribution >= 0.6 is 27.7 Å². The summed E-state index contributed by atoms with van der Waals surface area (Å²) in [5.74, 6) is 0.758. The van der Waals surface area contributed by atoms with Gasteiger partial charge in [0.1, 0.15) is 5.69 Å². The van der Waals surface area contributed by atoms with Gasteiger partial charge in [0.2, 0.25) is 5.91 Å². The predicted molar refractivity (Wildman–Crippen MR) is 124 cm³/mol. The van der Waals surface area contributed by atoms with E-state index in [4.69, 9.17) is 4.98 Å². The van der Waals surface area contributed by atoms with Crippen molar-refractivity contribution in [3.8, 4) is 11.5 Å². The molecule has 2 aromatic carbocycles. The van der Waals surface area contributed by atoms with E-state index in [9.17, 15) is 4.79 Å². The van der Waals surface area contributed by atoms with Crippen molar-refractivity contribution in [2.24, 2.45) is 0 Å². The standard InChI is InChI=1S/C22H18BrN5OS/c1-2-13-28-21(19-12-7-15-5-3-4-6-18(15)25-19)26-27-22(28)30-14-20(29)24-17-10-8-16(23)9-11-17/h2-12H,1,13-14H2,(H,24,29). The fourth-order valence-corrected chi connectivity index (χ4v) is 3.94. The lowest BCUT2D eigenvalue weighted by Gasteiger charge is -2.08. The van der Waals surface area contributed by atoms with Crippen LogP contribution in [0.5, 0.6) is 0 Å². The summed E-state index contributed by atoms with van der Waals surface area (Å²) in [6, 6.07) is 19.3. The Morgan fingerprint density at radius 1 is 1.10 bits per heavy atom. The number of nitrogens with zero attached hydrogens (tertiary/aromatic N) is 4. The minimum absolute atomic E-state index is 0.110. The average Bonchev–Trinajstić information content (AvgIpc) is 3.16. The number of aromatic nitrogens is 4. The van der Waals surface area contributed by atoms with E-state index in [-0.39, 0.29) is 11.7 Å². The number of carbonyl (C=O) groups is 1. The third kappa shape index (κ3) is 4.60. The normalized spacial score (nSPS) is 10.8. The van der Waals surface area contributed by atoms with Gasteiger partial charge < -0.3 is 5.32 Å². The van der Waals surface area contributed by atoms with Crippen molar-refractivity contribution in [3.05, 3.63) is 77.8 Å². The number of amides is 1. The maximum atomic E-state index is 12.3. The summed E-state index contributed by atoms with van der Waals surface area (Å²) < 4.78 is 2.88. The average molecular weight is 480 g/mol. The number of fused-ring (bicyclic) bond motifs is 1. The number of pyridine rings is 1. The molecule has 0 unspecified atom stereocenters. The van der Waals surface area contributed by atoms with Crippen LogP contribution in [0, 0.1) is 0 Å². The van der Waals surface area contributed by atoms with Crippen LogP contribution in [-0.2, 0) is 11.3 Å². The largest absolute Gasteiger partial charge is 0.325 e. The first kappa shape index (κ1) is 20.3. The summed E-state index contributed by atoms with van der Waals surface area (Å²) in [6.07, 6.45) is 1.78. The highest BCUT2D eigenvalue weighted by Crippen LogP contribution is 2.25. The van der Waals surface area contributed by atoms with Gasteiger partial charge in [0, 0.05) is 22.1 Å². The number of anilines is 1. The van der Waals surface area contributed by atoms with Gasteiger partial charge in [-0.1, -0.05) is 58.0 Å². The number of hydrogen-bond acceptors (Lipinski definition) is 5. The fraction of sp³-hybridized carbons (Fsp3) is 0.0909. The number of benzene rings is 2. The molecule has 0 saturated carbocycles. The molecule has 0 radical (unpaired) electrons. The Hall–Kier alpha value is -2.97. The molecule has 30 heavy (non-hydrogen) atoms. The van der Waals surface area contributed by atoms with Crippen molar-refractivity contribution >= 4 is 50.2 Å². The second-order valence-electron chi connectivity index (χ2n) is 6.44.